The Bertz CT molecular complexity index is 917. The number of halogens is 2. The monoisotopic (exact) mass is 373 g/mol. The Morgan fingerprint density at radius 3 is 2.88 bits per heavy atom. The van der Waals surface area contributed by atoms with Gasteiger partial charge >= 0.3 is 0 Å². The van der Waals surface area contributed by atoms with E-state index in [-0.39, 0.29) is 5.02 Å². The molecule has 1 aromatic carbocycles. The summed E-state index contributed by atoms with van der Waals surface area (Å²) < 4.78 is 13.4. The summed E-state index contributed by atoms with van der Waals surface area (Å²) in [5.41, 5.74) is 2.64. The van der Waals surface area contributed by atoms with E-state index in [2.05, 4.69) is 32.1 Å². The average molecular weight is 374 g/mol. The number of fused-ring (bicyclic) bond motifs is 1. The molecule has 5 nitrogen and oxygen atoms in total. The number of piperidine rings is 1. The average Bonchev–Trinajstić information content (AvgIpc) is 3.04. The Morgan fingerprint density at radius 2 is 2.12 bits per heavy atom. The van der Waals surface area contributed by atoms with Gasteiger partial charge in [0.15, 0.2) is 0 Å². The molecule has 1 fully saturated rings. The third-order valence-corrected chi connectivity index (χ3v) is 5.29. The number of rotatable bonds is 4. The molecule has 3 heterocycles. The molecule has 0 amide bonds. The van der Waals surface area contributed by atoms with Crippen LogP contribution in [0.4, 0.5) is 15.9 Å². The third kappa shape index (κ3) is 3.52. The molecule has 0 aliphatic carbocycles. The van der Waals surface area contributed by atoms with Gasteiger partial charge in [-0.05, 0) is 55.6 Å². The lowest BCUT2D eigenvalue weighted by Gasteiger charge is -2.30. The fraction of sp³-hybridized carbons (Fsp3) is 0.368. The van der Waals surface area contributed by atoms with Gasteiger partial charge in [-0.3, -0.25) is 4.90 Å². The molecule has 0 atom stereocenters. The molecule has 0 unspecified atom stereocenters. The molecule has 26 heavy (non-hydrogen) atoms. The molecule has 0 radical (unpaired) electrons. The minimum Gasteiger partial charge on any atom is -0.346 e. The van der Waals surface area contributed by atoms with Crippen LogP contribution in [0.2, 0.25) is 5.02 Å². The highest BCUT2D eigenvalue weighted by molar-refractivity contribution is 6.31. The first-order valence-corrected chi connectivity index (χ1v) is 9.23. The van der Waals surface area contributed by atoms with Crippen LogP contribution in [0.1, 0.15) is 25.3 Å². The molecular weight excluding hydrogens is 353 g/mol. The quantitative estimate of drug-likeness (QED) is 0.694. The van der Waals surface area contributed by atoms with Crippen LogP contribution in [0.5, 0.6) is 0 Å². The van der Waals surface area contributed by atoms with Crippen LogP contribution in [0.15, 0.2) is 30.7 Å². The van der Waals surface area contributed by atoms with E-state index < -0.39 is 5.82 Å². The van der Waals surface area contributed by atoms with E-state index in [0.29, 0.717) is 11.5 Å². The lowest BCUT2D eigenvalue weighted by Crippen LogP contribution is -2.32. The fourth-order valence-electron chi connectivity index (χ4n) is 3.42. The summed E-state index contributed by atoms with van der Waals surface area (Å²) in [4.78, 5) is 14.4. The number of nitrogens with one attached hydrogen (secondary N) is 2. The lowest BCUT2D eigenvalue weighted by atomic mass is 9.99. The molecule has 136 valence electrons. The molecule has 2 N–H and O–H groups in total. The van der Waals surface area contributed by atoms with Crippen molar-refractivity contribution in [1.29, 1.82) is 0 Å². The Hall–Kier alpha value is -2.18. The topological polar surface area (TPSA) is 56.8 Å². The van der Waals surface area contributed by atoms with Crippen molar-refractivity contribution in [3.05, 3.63) is 47.1 Å². The van der Waals surface area contributed by atoms with Crippen molar-refractivity contribution >= 4 is 34.1 Å². The summed E-state index contributed by atoms with van der Waals surface area (Å²) in [7, 11) is 0. The van der Waals surface area contributed by atoms with Crippen LogP contribution in [-0.2, 0) is 6.54 Å². The van der Waals surface area contributed by atoms with Crippen molar-refractivity contribution in [2.45, 2.75) is 26.3 Å². The summed E-state index contributed by atoms with van der Waals surface area (Å²) in [6, 6.07) is 4.55. The Labute approximate surface area is 156 Å². The summed E-state index contributed by atoms with van der Waals surface area (Å²) >= 11 is 5.89. The number of likely N-dealkylation sites (tertiary alicyclic amines) is 1. The highest BCUT2D eigenvalue weighted by Crippen LogP contribution is 2.29. The van der Waals surface area contributed by atoms with Crippen LogP contribution in [0, 0.1) is 11.7 Å². The van der Waals surface area contributed by atoms with Gasteiger partial charge < -0.3 is 10.3 Å². The molecule has 1 saturated heterocycles. The highest BCUT2D eigenvalue weighted by atomic mass is 35.5. The molecule has 0 spiro atoms. The van der Waals surface area contributed by atoms with Crippen molar-refractivity contribution in [3.63, 3.8) is 0 Å². The van der Waals surface area contributed by atoms with Crippen molar-refractivity contribution in [2.24, 2.45) is 5.92 Å². The molecular formula is C19H21ClFN5. The number of nitrogens with zero attached hydrogens (tertiary/aromatic N) is 3. The van der Waals surface area contributed by atoms with Gasteiger partial charge in [0.05, 0.1) is 10.4 Å². The minimum atomic E-state index is -0.438. The minimum absolute atomic E-state index is 0.0806. The fourth-order valence-corrected chi connectivity index (χ4v) is 3.60. The SMILES string of the molecule is CC1CCN(Cc2c[nH]c3ncnc(Nc4ccc(F)c(Cl)c4)c23)CC1. The standard InChI is InChI=1S/C19H21ClFN5/c1-12-4-6-26(7-5-12)10-13-9-22-18-17(13)19(24-11-23-18)25-14-2-3-16(21)15(20)8-14/h2-3,8-9,11-12H,4-7,10H2,1H3,(H2,22,23,24,25). The van der Waals surface area contributed by atoms with Crippen LogP contribution in [-0.4, -0.2) is 32.9 Å². The van der Waals surface area contributed by atoms with Crippen LogP contribution in [0.3, 0.4) is 0 Å². The highest BCUT2D eigenvalue weighted by Gasteiger charge is 2.19. The van der Waals surface area contributed by atoms with Gasteiger partial charge in [-0.15, -0.1) is 0 Å². The van der Waals surface area contributed by atoms with E-state index >= 15 is 0 Å². The van der Waals surface area contributed by atoms with Gasteiger partial charge in [0.25, 0.3) is 0 Å². The van der Waals surface area contributed by atoms with Crippen LogP contribution in [0.25, 0.3) is 11.0 Å². The molecule has 4 rings (SSSR count). The smallest absolute Gasteiger partial charge is 0.143 e. The van der Waals surface area contributed by atoms with E-state index in [1.54, 1.807) is 12.1 Å². The maximum absolute atomic E-state index is 13.4. The Kier molecular flexibility index (Phi) is 4.78. The van der Waals surface area contributed by atoms with Crippen molar-refractivity contribution in [1.82, 2.24) is 19.9 Å². The lowest BCUT2D eigenvalue weighted by molar-refractivity contribution is 0.186. The van der Waals surface area contributed by atoms with Gasteiger partial charge in [0, 0.05) is 18.4 Å². The third-order valence-electron chi connectivity index (χ3n) is 5.00. The van der Waals surface area contributed by atoms with Crippen LogP contribution < -0.4 is 5.32 Å². The predicted molar refractivity (Wildman–Crippen MR) is 102 cm³/mol. The maximum Gasteiger partial charge on any atom is 0.143 e. The molecule has 2 aromatic heterocycles. The number of hydrogen-bond acceptors (Lipinski definition) is 4. The predicted octanol–water partition coefficient (Wildman–Crippen LogP) is 4.73. The van der Waals surface area contributed by atoms with Crippen molar-refractivity contribution in [2.75, 3.05) is 18.4 Å². The number of H-pyrrole nitrogens is 1. The molecule has 1 aliphatic rings. The van der Waals surface area contributed by atoms with Crippen molar-refractivity contribution < 1.29 is 4.39 Å². The first-order valence-electron chi connectivity index (χ1n) is 8.85. The normalized spacial score (nSPS) is 16.3. The van der Waals surface area contributed by atoms with E-state index in [4.69, 9.17) is 11.6 Å². The first kappa shape index (κ1) is 17.2. The second kappa shape index (κ2) is 7.21. The van der Waals surface area contributed by atoms with Gasteiger partial charge in [-0.2, -0.15) is 0 Å². The van der Waals surface area contributed by atoms with E-state index in [0.717, 1.165) is 42.1 Å². The van der Waals surface area contributed by atoms with Gasteiger partial charge in [0.2, 0.25) is 0 Å². The van der Waals surface area contributed by atoms with Gasteiger partial charge in [-0.25, -0.2) is 14.4 Å². The molecule has 7 heteroatoms. The molecule has 0 bridgehead atoms. The Morgan fingerprint density at radius 1 is 1.31 bits per heavy atom. The summed E-state index contributed by atoms with van der Waals surface area (Å²) in [5, 5.41) is 4.29. The van der Waals surface area contributed by atoms with E-state index in [1.807, 2.05) is 6.20 Å². The molecule has 3 aromatic rings. The molecule has 0 saturated carbocycles. The van der Waals surface area contributed by atoms with Crippen molar-refractivity contribution in [3.8, 4) is 0 Å². The maximum atomic E-state index is 13.4. The largest absolute Gasteiger partial charge is 0.346 e. The van der Waals surface area contributed by atoms with E-state index in [9.17, 15) is 4.39 Å². The zero-order valence-corrected chi connectivity index (χ0v) is 15.4. The second-order valence-electron chi connectivity index (χ2n) is 6.97. The first-order chi connectivity index (χ1) is 12.6. The number of aromatic amines is 1. The van der Waals surface area contributed by atoms with Gasteiger partial charge in [-0.1, -0.05) is 18.5 Å². The van der Waals surface area contributed by atoms with E-state index in [1.165, 1.54) is 25.2 Å². The zero-order valence-electron chi connectivity index (χ0n) is 14.6. The van der Waals surface area contributed by atoms with Gasteiger partial charge in [0.1, 0.15) is 23.6 Å². The Balaban J connectivity index is 1.62. The number of aromatic nitrogens is 3. The summed E-state index contributed by atoms with van der Waals surface area (Å²) in [6.07, 6.45) is 5.98. The van der Waals surface area contributed by atoms with Crippen LogP contribution >= 0.6 is 11.6 Å². The number of benzene rings is 1. The molecule has 1 aliphatic heterocycles. The summed E-state index contributed by atoms with van der Waals surface area (Å²) in [5.74, 6) is 1.06. The zero-order chi connectivity index (χ0) is 18.1. The summed E-state index contributed by atoms with van der Waals surface area (Å²) in [6.45, 7) is 5.39. The number of anilines is 2. The second-order valence-corrected chi connectivity index (χ2v) is 7.38. The number of hydrogen-bond donors (Lipinski definition) is 2.